The highest BCUT2D eigenvalue weighted by molar-refractivity contribution is 6.06. The Kier molecular flexibility index (Phi) is 4.64. The molecule has 0 radical (unpaired) electrons. The van der Waals surface area contributed by atoms with Gasteiger partial charge in [-0.25, -0.2) is 0 Å². The lowest BCUT2D eigenvalue weighted by Gasteiger charge is -2.27. The third-order valence-corrected chi connectivity index (χ3v) is 5.91. The zero-order chi connectivity index (χ0) is 20.5. The van der Waals surface area contributed by atoms with Crippen LogP contribution in [0.1, 0.15) is 18.5 Å². The highest BCUT2D eigenvalue weighted by atomic mass is 15.3. The molecule has 0 amide bonds. The first-order chi connectivity index (χ1) is 14.7. The van der Waals surface area contributed by atoms with Crippen molar-refractivity contribution in [2.75, 3.05) is 11.9 Å². The molecular formula is C27H23N3. The Morgan fingerprint density at radius 1 is 0.633 bits per heavy atom. The van der Waals surface area contributed by atoms with E-state index in [9.17, 15) is 0 Å². The second kappa shape index (κ2) is 7.60. The maximum atomic E-state index is 4.73. The van der Waals surface area contributed by atoms with Gasteiger partial charge in [-0.2, -0.15) is 0 Å². The summed E-state index contributed by atoms with van der Waals surface area (Å²) < 4.78 is 0. The van der Waals surface area contributed by atoms with Gasteiger partial charge >= 0.3 is 0 Å². The van der Waals surface area contributed by atoms with Gasteiger partial charge in [0.25, 0.3) is 0 Å². The molecule has 30 heavy (non-hydrogen) atoms. The van der Waals surface area contributed by atoms with E-state index in [4.69, 9.17) is 10.2 Å². The van der Waals surface area contributed by atoms with E-state index in [1.54, 1.807) is 0 Å². The zero-order valence-electron chi connectivity index (χ0n) is 17.2. The van der Waals surface area contributed by atoms with Gasteiger partial charge < -0.3 is 4.90 Å². The second-order valence-electron chi connectivity index (χ2n) is 7.64. The van der Waals surface area contributed by atoms with Crippen LogP contribution in [0.4, 0.5) is 5.82 Å². The predicted octanol–water partition coefficient (Wildman–Crippen LogP) is 6.65. The van der Waals surface area contributed by atoms with E-state index in [0.717, 1.165) is 27.8 Å². The Hall–Kier alpha value is -3.72. The van der Waals surface area contributed by atoms with Crippen molar-refractivity contribution in [3.8, 4) is 11.3 Å². The Balaban J connectivity index is 1.68. The van der Waals surface area contributed by atoms with Crippen molar-refractivity contribution < 1.29 is 0 Å². The number of aromatic nitrogens is 2. The summed E-state index contributed by atoms with van der Waals surface area (Å²) in [4.78, 5) is 2.21. The van der Waals surface area contributed by atoms with Crippen LogP contribution in [0.15, 0.2) is 97.1 Å². The van der Waals surface area contributed by atoms with Crippen LogP contribution < -0.4 is 4.90 Å². The molecule has 4 aromatic carbocycles. The van der Waals surface area contributed by atoms with Crippen molar-refractivity contribution in [3.63, 3.8) is 0 Å². The molecule has 0 aliphatic rings. The topological polar surface area (TPSA) is 29.0 Å². The highest BCUT2D eigenvalue weighted by Gasteiger charge is 2.19. The predicted molar refractivity (Wildman–Crippen MR) is 126 cm³/mol. The highest BCUT2D eigenvalue weighted by Crippen LogP contribution is 2.36. The first kappa shape index (κ1) is 18.3. The summed E-state index contributed by atoms with van der Waals surface area (Å²) in [7, 11) is 2.09. The van der Waals surface area contributed by atoms with E-state index in [-0.39, 0.29) is 6.04 Å². The van der Waals surface area contributed by atoms with E-state index in [0.29, 0.717) is 0 Å². The summed E-state index contributed by atoms with van der Waals surface area (Å²) in [5.41, 5.74) is 3.29. The standard InChI is InChI=1S/C27H23N3/c1-19(20-11-4-3-5-12-20)30(2)27-25-17-9-8-16-24(25)26(28-29-27)23-18-10-14-21-13-6-7-15-22(21)23/h3-19H,1-2H3. The number of benzene rings is 4. The van der Waals surface area contributed by atoms with Crippen molar-refractivity contribution in [1.29, 1.82) is 0 Å². The smallest absolute Gasteiger partial charge is 0.159 e. The van der Waals surface area contributed by atoms with Gasteiger partial charge in [0.05, 0.1) is 6.04 Å². The minimum absolute atomic E-state index is 0.187. The molecule has 0 saturated heterocycles. The average molecular weight is 390 g/mol. The second-order valence-corrected chi connectivity index (χ2v) is 7.64. The molecule has 1 unspecified atom stereocenters. The molecule has 0 fully saturated rings. The molecule has 3 nitrogen and oxygen atoms in total. The third-order valence-electron chi connectivity index (χ3n) is 5.91. The normalized spacial score (nSPS) is 12.2. The van der Waals surface area contributed by atoms with Gasteiger partial charge in [0.2, 0.25) is 0 Å². The fourth-order valence-corrected chi connectivity index (χ4v) is 4.12. The number of rotatable bonds is 4. The number of anilines is 1. The lowest BCUT2D eigenvalue weighted by atomic mass is 9.98. The number of nitrogens with zero attached hydrogens (tertiary/aromatic N) is 3. The van der Waals surface area contributed by atoms with Gasteiger partial charge in [-0.05, 0) is 23.3 Å². The van der Waals surface area contributed by atoms with Crippen LogP contribution in [0.5, 0.6) is 0 Å². The van der Waals surface area contributed by atoms with Crippen LogP contribution >= 0.6 is 0 Å². The molecule has 146 valence electrons. The molecular weight excluding hydrogens is 366 g/mol. The quantitative estimate of drug-likeness (QED) is 0.345. The van der Waals surface area contributed by atoms with Gasteiger partial charge in [-0.15, -0.1) is 10.2 Å². The summed E-state index contributed by atoms with van der Waals surface area (Å²) >= 11 is 0. The summed E-state index contributed by atoms with van der Waals surface area (Å²) in [6.07, 6.45) is 0. The van der Waals surface area contributed by atoms with Crippen molar-refractivity contribution in [2.45, 2.75) is 13.0 Å². The van der Waals surface area contributed by atoms with Gasteiger partial charge in [0, 0.05) is 23.4 Å². The van der Waals surface area contributed by atoms with E-state index >= 15 is 0 Å². The average Bonchev–Trinajstić information content (AvgIpc) is 2.82. The summed E-state index contributed by atoms with van der Waals surface area (Å²) in [5, 5.41) is 14.1. The number of fused-ring (bicyclic) bond motifs is 2. The zero-order valence-corrected chi connectivity index (χ0v) is 17.2. The summed E-state index contributed by atoms with van der Waals surface area (Å²) in [6, 6.07) is 33.9. The van der Waals surface area contributed by atoms with E-state index in [1.165, 1.54) is 16.3 Å². The van der Waals surface area contributed by atoms with Crippen LogP contribution in [0.2, 0.25) is 0 Å². The van der Waals surface area contributed by atoms with Crippen LogP contribution in [0.25, 0.3) is 32.8 Å². The molecule has 1 atom stereocenters. The minimum Gasteiger partial charge on any atom is -0.351 e. The van der Waals surface area contributed by atoms with Crippen LogP contribution in [0.3, 0.4) is 0 Å². The minimum atomic E-state index is 0.187. The third kappa shape index (κ3) is 3.09. The molecule has 5 aromatic rings. The van der Waals surface area contributed by atoms with E-state index in [2.05, 4.69) is 110 Å². The SMILES string of the molecule is CC(c1ccccc1)N(C)c1nnc(-c2cccc3ccccc23)c2ccccc12. The first-order valence-corrected chi connectivity index (χ1v) is 10.3. The molecule has 0 spiro atoms. The largest absolute Gasteiger partial charge is 0.351 e. The molecule has 0 aliphatic heterocycles. The Morgan fingerprint density at radius 3 is 2.07 bits per heavy atom. The van der Waals surface area contributed by atoms with Crippen LogP contribution in [-0.4, -0.2) is 17.2 Å². The van der Waals surface area contributed by atoms with Gasteiger partial charge in [-0.1, -0.05) is 97.1 Å². The molecule has 1 aromatic heterocycles. The number of hydrogen-bond acceptors (Lipinski definition) is 3. The van der Waals surface area contributed by atoms with Crippen molar-refractivity contribution in [3.05, 3.63) is 103 Å². The Labute approximate surface area is 176 Å². The summed E-state index contributed by atoms with van der Waals surface area (Å²) in [5.74, 6) is 0.894. The molecule has 0 saturated carbocycles. The molecule has 0 bridgehead atoms. The van der Waals surface area contributed by atoms with Crippen molar-refractivity contribution >= 4 is 27.4 Å². The maximum Gasteiger partial charge on any atom is 0.159 e. The van der Waals surface area contributed by atoms with E-state index in [1.807, 2.05) is 6.07 Å². The maximum absolute atomic E-state index is 4.73. The lowest BCUT2D eigenvalue weighted by molar-refractivity contribution is 0.725. The molecule has 1 heterocycles. The molecule has 0 aliphatic carbocycles. The van der Waals surface area contributed by atoms with Crippen molar-refractivity contribution in [2.24, 2.45) is 0 Å². The lowest BCUT2D eigenvalue weighted by Crippen LogP contribution is -2.23. The fraction of sp³-hybridized carbons (Fsp3) is 0.111. The van der Waals surface area contributed by atoms with Crippen LogP contribution in [0, 0.1) is 0 Å². The molecule has 0 N–H and O–H groups in total. The van der Waals surface area contributed by atoms with Gasteiger partial charge in [0.15, 0.2) is 5.82 Å². The number of hydrogen-bond donors (Lipinski definition) is 0. The van der Waals surface area contributed by atoms with Crippen LogP contribution in [-0.2, 0) is 0 Å². The Morgan fingerprint density at radius 2 is 1.27 bits per heavy atom. The molecule has 3 heteroatoms. The molecule has 5 rings (SSSR count). The summed E-state index contributed by atoms with van der Waals surface area (Å²) in [6.45, 7) is 2.20. The first-order valence-electron chi connectivity index (χ1n) is 10.3. The van der Waals surface area contributed by atoms with Gasteiger partial charge in [-0.3, -0.25) is 0 Å². The fourth-order valence-electron chi connectivity index (χ4n) is 4.12. The Bertz CT molecular complexity index is 1320. The monoisotopic (exact) mass is 389 g/mol. The van der Waals surface area contributed by atoms with Gasteiger partial charge in [0.1, 0.15) is 5.69 Å². The van der Waals surface area contributed by atoms with Crippen molar-refractivity contribution in [1.82, 2.24) is 10.2 Å². The van der Waals surface area contributed by atoms with E-state index < -0.39 is 0 Å².